The lowest BCUT2D eigenvalue weighted by Gasteiger charge is -2.03. The minimum atomic E-state index is -1.42. The predicted octanol–water partition coefficient (Wildman–Crippen LogP) is 0.636. The van der Waals surface area contributed by atoms with Crippen molar-refractivity contribution in [1.29, 1.82) is 0 Å². The van der Waals surface area contributed by atoms with Crippen molar-refractivity contribution in [2.75, 3.05) is 6.26 Å². The summed E-state index contributed by atoms with van der Waals surface area (Å²) < 4.78 is 0. The minimum absolute atomic E-state index is 0.487. The van der Waals surface area contributed by atoms with Crippen LogP contribution in [0.25, 0.3) is 10.9 Å². The first-order valence-corrected chi connectivity index (χ1v) is 5.74. The van der Waals surface area contributed by atoms with Gasteiger partial charge in [0.2, 0.25) is 0 Å². The number of aromatic nitrogens is 1. The number of benzene rings is 1. The van der Waals surface area contributed by atoms with Gasteiger partial charge in [-0.05, 0) is 29.2 Å². The summed E-state index contributed by atoms with van der Waals surface area (Å²) in [5.74, 6) is 0. The van der Waals surface area contributed by atoms with Crippen molar-refractivity contribution in [2.24, 2.45) is 0 Å². The molecule has 0 amide bonds. The topological polar surface area (TPSA) is 53.4 Å². The fourth-order valence-corrected chi connectivity index (χ4v) is 1.79. The van der Waals surface area contributed by atoms with E-state index in [0.717, 1.165) is 15.9 Å². The van der Waals surface area contributed by atoms with Crippen molar-refractivity contribution in [2.45, 2.75) is 5.03 Å². The SMILES string of the molecule is CSc1ccc2cc(B(O)O)ccc2n1. The maximum Gasteiger partial charge on any atom is 0.488 e. The van der Waals surface area contributed by atoms with Gasteiger partial charge in [-0.15, -0.1) is 11.8 Å². The zero-order valence-corrected chi connectivity index (χ0v) is 9.03. The fourth-order valence-electron chi connectivity index (χ4n) is 1.40. The van der Waals surface area contributed by atoms with E-state index in [0.29, 0.717) is 5.46 Å². The first-order valence-electron chi connectivity index (χ1n) is 4.51. The molecule has 0 saturated carbocycles. The molecule has 0 atom stereocenters. The van der Waals surface area contributed by atoms with E-state index in [1.807, 2.05) is 18.4 Å². The van der Waals surface area contributed by atoms with E-state index >= 15 is 0 Å². The second-order valence-electron chi connectivity index (χ2n) is 3.18. The van der Waals surface area contributed by atoms with Crippen LogP contribution >= 0.6 is 11.8 Å². The molecular formula is C10H10BNO2S. The summed E-state index contributed by atoms with van der Waals surface area (Å²) in [5, 5.41) is 19.9. The number of nitrogens with zero attached hydrogens (tertiary/aromatic N) is 1. The van der Waals surface area contributed by atoms with Gasteiger partial charge >= 0.3 is 7.12 Å². The highest BCUT2D eigenvalue weighted by atomic mass is 32.2. The van der Waals surface area contributed by atoms with Crippen molar-refractivity contribution < 1.29 is 10.0 Å². The molecular weight excluding hydrogens is 209 g/mol. The van der Waals surface area contributed by atoms with Crippen molar-refractivity contribution in [3.63, 3.8) is 0 Å². The van der Waals surface area contributed by atoms with E-state index in [1.165, 1.54) is 0 Å². The van der Waals surface area contributed by atoms with Crippen LogP contribution in [0.4, 0.5) is 0 Å². The third-order valence-electron chi connectivity index (χ3n) is 2.19. The number of rotatable bonds is 2. The number of hydrogen-bond acceptors (Lipinski definition) is 4. The van der Waals surface area contributed by atoms with Gasteiger partial charge in [0.05, 0.1) is 10.5 Å². The molecule has 0 fully saturated rings. The van der Waals surface area contributed by atoms with Crippen LogP contribution < -0.4 is 5.46 Å². The number of hydrogen-bond donors (Lipinski definition) is 2. The Morgan fingerprint density at radius 1 is 1.20 bits per heavy atom. The van der Waals surface area contributed by atoms with Crippen LogP contribution in [0.5, 0.6) is 0 Å². The monoisotopic (exact) mass is 219 g/mol. The molecule has 5 heteroatoms. The summed E-state index contributed by atoms with van der Waals surface area (Å²) in [4.78, 5) is 4.39. The Morgan fingerprint density at radius 3 is 2.67 bits per heavy atom. The smallest absolute Gasteiger partial charge is 0.423 e. The summed E-state index contributed by atoms with van der Waals surface area (Å²) in [6.07, 6.45) is 1.97. The lowest BCUT2D eigenvalue weighted by molar-refractivity contribution is 0.426. The Morgan fingerprint density at radius 2 is 2.00 bits per heavy atom. The summed E-state index contributed by atoms with van der Waals surface area (Å²) >= 11 is 1.58. The van der Waals surface area contributed by atoms with Crippen molar-refractivity contribution in [1.82, 2.24) is 4.98 Å². The number of thioether (sulfide) groups is 1. The molecule has 2 rings (SSSR count). The first-order chi connectivity index (χ1) is 7.20. The Hall–Kier alpha value is -1.04. The van der Waals surface area contributed by atoms with Gasteiger partial charge < -0.3 is 10.0 Å². The molecule has 0 aliphatic heterocycles. The van der Waals surface area contributed by atoms with Gasteiger partial charge in [-0.3, -0.25) is 0 Å². The molecule has 1 heterocycles. The summed E-state index contributed by atoms with van der Waals surface area (Å²) in [6, 6.07) is 9.05. The molecule has 0 unspecified atom stereocenters. The van der Waals surface area contributed by atoms with E-state index in [9.17, 15) is 0 Å². The Labute approximate surface area is 92.3 Å². The molecule has 0 aliphatic rings. The normalized spacial score (nSPS) is 10.6. The first kappa shape index (κ1) is 10.5. The van der Waals surface area contributed by atoms with Gasteiger partial charge in [-0.25, -0.2) is 4.98 Å². The van der Waals surface area contributed by atoms with Crippen LogP contribution in [0.15, 0.2) is 35.4 Å². The number of fused-ring (bicyclic) bond motifs is 1. The van der Waals surface area contributed by atoms with Crippen LogP contribution in [-0.2, 0) is 0 Å². The van der Waals surface area contributed by atoms with Crippen molar-refractivity contribution in [3.8, 4) is 0 Å². The molecule has 1 aromatic carbocycles. The van der Waals surface area contributed by atoms with E-state index < -0.39 is 7.12 Å². The van der Waals surface area contributed by atoms with Gasteiger partial charge in [0.25, 0.3) is 0 Å². The Balaban J connectivity index is 2.55. The van der Waals surface area contributed by atoms with E-state index in [-0.39, 0.29) is 0 Å². The molecule has 0 spiro atoms. The fraction of sp³-hybridized carbons (Fsp3) is 0.100. The highest BCUT2D eigenvalue weighted by Gasteiger charge is 2.10. The van der Waals surface area contributed by atoms with Crippen LogP contribution in [0.3, 0.4) is 0 Å². The van der Waals surface area contributed by atoms with Crippen molar-refractivity contribution >= 4 is 35.2 Å². The minimum Gasteiger partial charge on any atom is -0.423 e. The van der Waals surface area contributed by atoms with Gasteiger partial charge in [0.1, 0.15) is 0 Å². The standard InChI is InChI=1S/C10H10BNO2S/c1-15-10-5-2-7-6-8(11(13)14)3-4-9(7)12-10/h2-6,13-14H,1H3. The lowest BCUT2D eigenvalue weighted by Crippen LogP contribution is -2.29. The third-order valence-corrected chi connectivity index (χ3v) is 2.84. The van der Waals surface area contributed by atoms with E-state index in [1.54, 1.807) is 30.0 Å². The molecule has 0 radical (unpaired) electrons. The second-order valence-corrected chi connectivity index (χ2v) is 4.01. The highest BCUT2D eigenvalue weighted by Crippen LogP contribution is 2.16. The van der Waals surface area contributed by atoms with Gasteiger partial charge in [0, 0.05) is 0 Å². The lowest BCUT2D eigenvalue weighted by atomic mass is 9.80. The predicted molar refractivity (Wildman–Crippen MR) is 63.3 cm³/mol. The second kappa shape index (κ2) is 4.22. The molecule has 0 saturated heterocycles. The molecule has 0 aliphatic carbocycles. The van der Waals surface area contributed by atoms with Gasteiger partial charge in [-0.2, -0.15) is 0 Å². The van der Waals surface area contributed by atoms with Gasteiger partial charge in [-0.1, -0.05) is 18.2 Å². The molecule has 2 N–H and O–H groups in total. The van der Waals surface area contributed by atoms with E-state index in [2.05, 4.69) is 4.98 Å². The van der Waals surface area contributed by atoms with Crippen LogP contribution in [0.1, 0.15) is 0 Å². The zero-order valence-electron chi connectivity index (χ0n) is 8.21. The molecule has 1 aromatic heterocycles. The van der Waals surface area contributed by atoms with Crippen molar-refractivity contribution in [3.05, 3.63) is 30.3 Å². The quantitative estimate of drug-likeness (QED) is 0.574. The van der Waals surface area contributed by atoms with E-state index in [4.69, 9.17) is 10.0 Å². The average Bonchev–Trinajstić information content (AvgIpc) is 2.27. The third kappa shape index (κ3) is 2.14. The van der Waals surface area contributed by atoms with Crippen LogP contribution in [0.2, 0.25) is 0 Å². The van der Waals surface area contributed by atoms with Crippen LogP contribution in [-0.4, -0.2) is 28.4 Å². The van der Waals surface area contributed by atoms with Gasteiger partial charge in [0.15, 0.2) is 0 Å². The largest absolute Gasteiger partial charge is 0.488 e. The molecule has 0 bridgehead atoms. The maximum absolute atomic E-state index is 9.01. The summed E-state index contributed by atoms with van der Waals surface area (Å²) in [7, 11) is -1.42. The molecule has 15 heavy (non-hydrogen) atoms. The molecule has 76 valence electrons. The molecule has 3 nitrogen and oxygen atoms in total. The maximum atomic E-state index is 9.01. The summed E-state index contributed by atoms with van der Waals surface area (Å²) in [6.45, 7) is 0. The summed E-state index contributed by atoms with van der Waals surface area (Å²) in [5.41, 5.74) is 1.35. The highest BCUT2D eigenvalue weighted by molar-refractivity contribution is 7.98. The van der Waals surface area contributed by atoms with Crippen LogP contribution in [0, 0.1) is 0 Å². The Bertz CT molecular complexity index is 490. The Kier molecular flexibility index (Phi) is 2.95. The number of pyridine rings is 1. The average molecular weight is 219 g/mol. The zero-order chi connectivity index (χ0) is 10.8. The molecule has 2 aromatic rings.